The van der Waals surface area contributed by atoms with Crippen LogP contribution >= 0.6 is 21.6 Å². The molecule has 0 aromatic carbocycles. The van der Waals surface area contributed by atoms with E-state index < -0.39 is 6.03 Å². The lowest BCUT2D eigenvalue weighted by molar-refractivity contribution is 0.212. The van der Waals surface area contributed by atoms with Crippen molar-refractivity contribution >= 4 is 27.6 Å². The van der Waals surface area contributed by atoms with E-state index in [9.17, 15) is 4.79 Å². The van der Waals surface area contributed by atoms with E-state index in [2.05, 4.69) is 4.98 Å². The van der Waals surface area contributed by atoms with Crippen LogP contribution < -0.4 is 11.6 Å². The Balaban J connectivity index is 2.15. The van der Waals surface area contributed by atoms with Crippen LogP contribution in [-0.4, -0.2) is 28.3 Å². The Morgan fingerprint density at radius 3 is 2.93 bits per heavy atom. The topological polar surface area (TPSA) is 85.2 Å². The second kappa shape index (κ2) is 6.54. The van der Waals surface area contributed by atoms with Gasteiger partial charge in [0.2, 0.25) is 0 Å². The molecule has 0 aliphatic rings. The standard InChI is InChI=1S/C8H12N4OS2/c9-8(13)12(10)5-6-14-15-7-3-1-2-4-11-7/h1-4H,5-6,10H2,(H2,9,13). The van der Waals surface area contributed by atoms with Crippen molar-refractivity contribution in [3.63, 3.8) is 0 Å². The van der Waals surface area contributed by atoms with Crippen molar-refractivity contribution in [3.8, 4) is 0 Å². The summed E-state index contributed by atoms with van der Waals surface area (Å²) in [5.41, 5.74) is 4.96. The molecule has 7 heteroatoms. The fourth-order valence-electron chi connectivity index (χ4n) is 0.744. The number of hydrogen-bond acceptors (Lipinski definition) is 5. The number of aromatic nitrogens is 1. The number of pyridine rings is 1. The van der Waals surface area contributed by atoms with Crippen molar-refractivity contribution in [2.24, 2.45) is 11.6 Å². The molecule has 1 aromatic rings. The van der Waals surface area contributed by atoms with Gasteiger partial charge in [0.15, 0.2) is 0 Å². The molecule has 0 spiro atoms. The quantitative estimate of drug-likeness (QED) is 0.266. The Kier molecular flexibility index (Phi) is 5.30. The first-order valence-corrected chi connectivity index (χ1v) is 6.54. The summed E-state index contributed by atoms with van der Waals surface area (Å²) >= 11 is 0. The van der Waals surface area contributed by atoms with Crippen molar-refractivity contribution in [1.29, 1.82) is 0 Å². The zero-order valence-electron chi connectivity index (χ0n) is 8.00. The molecule has 1 rings (SSSR count). The van der Waals surface area contributed by atoms with Gasteiger partial charge < -0.3 is 5.73 Å². The molecule has 0 aliphatic heterocycles. The molecule has 0 saturated heterocycles. The number of hydrogen-bond donors (Lipinski definition) is 2. The zero-order valence-corrected chi connectivity index (χ0v) is 9.63. The number of rotatable bonds is 5. The van der Waals surface area contributed by atoms with Crippen molar-refractivity contribution in [2.45, 2.75) is 5.03 Å². The highest BCUT2D eigenvalue weighted by atomic mass is 33.1. The van der Waals surface area contributed by atoms with Crippen LogP contribution in [0.2, 0.25) is 0 Å². The summed E-state index contributed by atoms with van der Waals surface area (Å²) in [7, 11) is 3.12. The molecule has 0 radical (unpaired) electrons. The maximum atomic E-state index is 10.6. The predicted octanol–water partition coefficient (Wildman–Crippen LogP) is 1.08. The SMILES string of the molecule is NC(=O)N(N)CCSSc1ccccn1. The number of primary amides is 1. The van der Waals surface area contributed by atoms with Gasteiger partial charge in [0.25, 0.3) is 0 Å². The third kappa shape index (κ3) is 4.91. The third-order valence-corrected chi connectivity index (χ3v) is 3.73. The summed E-state index contributed by atoms with van der Waals surface area (Å²) in [6, 6.07) is 5.10. The molecular formula is C8H12N4OS2. The highest BCUT2D eigenvalue weighted by Crippen LogP contribution is 2.28. The molecule has 15 heavy (non-hydrogen) atoms. The summed E-state index contributed by atoms with van der Waals surface area (Å²) in [4.78, 5) is 14.7. The number of carbonyl (C=O) groups excluding carboxylic acids is 1. The molecular weight excluding hydrogens is 232 g/mol. The van der Waals surface area contributed by atoms with E-state index in [0.717, 1.165) is 10.0 Å². The Bertz CT molecular complexity index is 309. The van der Waals surface area contributed by atoms with Gasteiger partial charge in [0.1, 0.15) is 5.03 Å². The Labute approximate surface area is 96.0 Å². The maximum absolute atomic E-state index is 10.6. The van der Waals surface area contributed by atoms with Crippen LogP contribution in [0.3, 0.4) is 0 Å². The fraction of sp³-hybridized carbons (Fsp3) is 0.250. The van der Waals surface area contributed by atoms with E-state index in [4.69, 9.17) is 11.6 Å². The van der Waals surface area contributed by atoms with Gasteiger partial charge in [0.05, 0.1) is 0 Å². The normalized spacial score (nSPS) is 9.93. The van der Waals surface area contributed by atoms with Gasteiger partial charge in [-0.1, -0.05) is 16.9 Å². The highest BCUT2D eigenvalue weighted by Gasteiger charge is 2.03. The minimum atomic E-state index is -0.613. The average molecular weight is 244 g/mol. The third-order valence-electron chi connectivity index (χ3n) is 1.48. The number of urea groups is 1. The first kappa shape index (κ1) is 12.2. The first-order valence-electron chi connectivity index (χ1n) is 4.22. The summed E-state index contributed by atoms with van der Waals surface area (Å²) < 4.78 is 0. The van der Waals surface area contributed by atoms with Gasteiger partial charge in [-0.15, -0.1) is 0 Å². The first-order chi connectivity index (χ1) is 7.20. The predicted molar refractivity (Wildman–Crippen MR) is 63.0 cm³/mol. The lowest BCUT2D eigenvalue weighted by Crippen LogP contribution is -2.42. The molecule has 0 unspecified atom stereocenters. The van der Waals surface area contributed by atoms with Gasteiger partial charge >= 0.3 is 6.03 Å². The molecule has 0 fully saturated rings. The van der Waals surface area contributed by atoms with E-state index in [1.54, 1.807) is 27.8 Å². The number of hydrazine groups is 1. The Morgan fingerprint density at radius 2 is 2.33 bits per heavy atom. The fourth-order valence-corrected chi connectivity index (χ4v) is 2.59. The lowest BCUT2D eigenvalue weighted by Gasteiger charge is -2.12. The zero-order chi connectivity index (χ0) is 11.1. The van der Waals surface area contributed by atoms with Gasteiger partial charge in [-0.3, -0.25) is 5.01 Å². The minimum Gasteiger partial charge on any atom is -0.350 e. The average Bonchev–Trinajstić information content (AvgIpc) is 2.25. The van der Waals surface area contributed by atoms with Crippen LogP contribution in [0.25, 0.3) is 0 Å². The van der Waals surface area contributed by atoms with Crippen LogP contribution in [-0.2, 0) is 0 Å². The summed E-state index contributed by atoms with van der Waals surface area (Å²) in [5, 5.41) is 1.93. The lowest BCUT2D eigenvalue weighted by atomic mass is 10.5. The van der Waals surface area contributed by atoms with Crippen LogP contribution in [0.4, 0.5) is 4.79 Å². The van der Waals surface area contributed by atoms with E-state index in [1.165, 1.54) is 0 Å². The van der Waals surface area contributed by atoms with E-state index >= 15 is 0 Å². The largest absolute Gasteiger partial charge is 0.350 e. The monoisotopic (exact) mass is 244 g/mol. The summed E-state index contributed by atoms with van der Waals surface area (Å²) in [6.45, 7) is 0.430. The smallest absolute Gasteiger partial charge is 0.328 e. The maximum Gasteiger partial charge on any atom is 0.328 e. The molecule has 0 aliphatic carbocycles. The minimum absolute atomic E-state index is 0.430. The van der Waals surface area contributed by atoms with E-state index in [1.807, 2.05) is 18.2 Å². The van der Waals surface area contributed by atoms with Crippen LogP contribution in [0.5, 0.6) is 0 Å². The number of carbonyl (C=O) groups is 1. The van der Waals surface area contributed by atoms with Crippen LogP contribution in [0.1, 0.15) is 0 Å². The molecule has 1 heterocycles. The molecule has 0 bridgehead atoms. The van der Waals surface area contributed by atoms with Gasteiger partial charge in [-0.05, 0) is 22.9 Å². The van der Waals surface area contributed by atoms with Gasteiger partial charge in [0, 0.05) is 18.5 Å². The molecule has 0 saturated carbocycles. The molecule has 2 amide bonds. The van der Waals surface area contributed by atoms with Crippen molar-refractivity contribution in [3.05, 3.63) is 24.4 Å². The molecule has 5 nitrogen and oxygen atoms in total. The summed E-state index contributed by atoms with van der Waals surface area (Å²) in [6.07, 6.45) is 1.74. The molecule has 4 N–H and O–H groups in total. The van der Waals surface area contributed by atoms with Gasteiger partial charge in [-0.25, -0.2) is 15.6 Å². The van der Waals surface area contributed by atoms with Crippen molar-refractivity contribution in [2.75, 3.05) is 12.3 Å². The van der Waals surface area contributed by atoms with E-state index in [0.29, 0.717) is 12.3 Å². The number of nitrogens with zero attached hydrogens (tertiary/aromatic N) is 2. The Hall–Kier alpha value is -0.920. The second-order valence-electron chi connectivity index (χ2n) is 2.60. The Morgan fingerprint density at radius 1 is 1.53 bits per heavy atom. The number of amides is 2. The molecule has 1 aromatic heterocycles. The summed E-state index contributed by atoms with van der Waals surface area (Å²) in [5.74, 6) is 6.03. The van der Waals surface area contributed by atoms with Crippen molar-refractivity contribution in [1.82, 2.24) is 9.99 Å². The molecule has 0 atom stereocenters. The molecule has 82 valence electrons. The van der Waals surface area contributed by atoms with Crippen LogP contribution in [0, 0.1) is 0 Å². The second-order valence-corrected chi connectivity index (χ2v) is 5.04. The highest BCUT2D eigenvalue weighted by molar-refractivity contribution is 8.76. The van der Waals surface area contributed by atoms with Gasteiger partial charge in [-0.2, -0.15) is 0 Å². The van der Waals surface area contributed by atoms with E-state index in [-0.39, 0.29) is 0 Å². The van der Waals surface area contributed by atoms with Crippen molar-refractivity contribution < 1.29 is 4.79 Å². The van der Waals surface area contributed by atoms with Crippen LogP contribution in [0.15, 0.2) is 29.4 Å². The number of nitrogens with two attached hydrogens (primary N) is 2.